The fraction of sp³-hybridized carbons (Fsp3) is 0.231. The molecule has 10 heteroatoms. The Bertz CT molecular complexity index is 943. The maximum atomic E-state index is 12.4. The number of aromatic nitrogens is 5. The quantitative estimate of drug-likeness (QED) is 0.764. The first kappa shape index (κ1) is 15.2. The summed E-state index contributed by atoms with van der Waals surface area (Å²) in [5.41, 5.74) is 1.34. The molecule has 0 amide bonds. The molecule has 0 aliphatic rings. The second kappa shape index (κ2) is 5.47. The van der Waals surface area contributed by atoms with Crippen molar-refractivity contribution >= 4 is 15.7 Å². The minimum atomic E-state index is -3.72. The van der Waals surface area contributed by atoms with Crippen molar-refractivity contribution in [3.05, 3.63) is 36.0 Å². The Labute approximate surface area is 132 Å². The third kappa shape index (κ3) is 2.93. The normalized spacial score (nSPS) is 11.6. The van der Waals surface area contributed by atoms with E-state index in [0.717, 1.165) is 0 Å². The molecular weight excluding hydrogens is 320 g/mol. The highest BCUT2D eigenvalue weighted by atomic mass is 32.2. The molecule has 0 bridgehead atoms. The molecule has 23 heavy (non-hydrogen) atoms. The fourth-order valence-electron chi connectivity index (χ4n) is 1.93. The van der Waals surface area contributed by atoms with E-state index in [1.165, 1.54) is 17.1 Å². The van der Waals surface area contributed by atoms with Gasteiger partial charge in [-0.15, -0.1) is 0 Å². The number of hydrogen-bond donors (Lipinski definition) is 1. The lowest BCUT2D eigenvalue weighted by molar-refractivity contribution is 0.424. The second-order valence-corrected chi connectivity index (χ2v) is 6.55. The van der Waals surface area contributed by atoms with Crippen LogP contribution in [0.25, 0.3) is 11.6 Å². The Morgan fingerprint density at radius 3 is 2.52 bits per heavy atom. The number of nitrogens with zero attached hydrogens (tertiary/aromatic N) is 5. The molecule has 0 radical (unpaired) electrons. The number of sulfonamides is 1. The molecule has 0 unspecified atom stereocenters. The number of nitrogens with one attached hydrogen (secondary N) is 1. The molecule has 0 fully saturated rings. The maximum Gasteiger partial charge on any atom is 0.276 e. The summed E-state index contributed by atoms with van der Waals surface area (Å²) in [5.74, 6) is 0.777. The van der Waals surface area contributed by atoms with E-state index in [1.807, 2.05) is 0 Å². The second-order valence-electron chi connectivity index (χ2n) is 4.90. The van der Waals surface area contributed by atoms with Gasteiger partial charge in [0.2, 0.25) is 0 Å². The molecule has 3 heterocycles. The molecule has 0 saturated heterocycles. The summed E-state index contributed by atoms with van der Waals surface area (Å²) < 4.78 is 33.7. The van der Waals surface area contributed by atoms with Gasteiger partial charge in [0.15, 0.2) is 5.82 Å². The van der Waals surface area contributed by atoms with Crippen LogP contribution < -0.4 is 4.72 Å². The van der Waals surface area contributed by atoms with Crippen molar-refractivity contribution in [3.8, 4) is 11.6 Å². The van der Waals surface area contributed by atoms with Gasteiger partial charge in [0.25, 0.3) is 15.9 Å². The highest BCUT2D eigenvalue weighted by molar-refractivity contribution is 7.92. The van der Waals surface area contributed by atoms with E-state index in [0.29, 0.717) is 22.9 Å². The zero-order chi connectivity index (χ0) is 16.6. The summed E-state index contributed by atoms with van der Waals surface area (Å²) in [6, 6.07) is 3.17. The summed E-state index contributed by atoms with van der Waals surface area (Å²) in [7, 11) is -2.04. The van der Waals surface area contributed by atoms with Gasteiger partial charge in [-0.1, -0.05) is 5.16 Å². The molecule has 120 valence electrons. The standard InChI is InChI=1S/C13H14N6O3S/c1-8-12(7-15-19(8)3)23(20,21)18-10-4-5-11(14-6-10)13-16-9(2)17-22-13/h4-7,18H,1-3H3. The molecule has 0 aromatic carbocycles. The monoisotopic (exact) mass is 334 g/mol. The maximum absolute atomic E-state index is 12.4. The van der Waals surface area contributed by atoms with Crippen molar-refractivity contribution in [2.75, 3.05) is 4.72 Å². The van der Waals surface area contributed by atoms with Crippen LogP contribution in [0.5, 0.6) is 0 Å². The van der Waals surface area contributed by atoms with Crippen LogP contribution in [0, 0.1) is 13.8 Å². The van der Waals surface area contributed by atoms with E-state index >= 15 is 0 Å². The Kier molecular flexibility index (Phi) is 3.60. The number of hydrogen-bond acceptors (Lipinski definition) is 7. The smallest absolute Gasteiger partial charge is 0.276 e. The van der Waals surface area contributed by atoms with Crippen LogP contribution in [0.2, 0.25) is 0 Å². The van der Waals surface area contributed by atoms with E-state index in [1.54, 1.807) is 33.0 Å². The highest BCUT2D eigenvalue weighted by Gasteiger charge is 2.20. The minimum Gasteiger partial charge on any atom is -0.332 e. The van der Waals surface area contributed by atoms with Crippen molar-refractivity contribution < 1.29 is 12.9 Å². The lowest BCUT2D eigenvalue weighted by Crippen LogP contribution is -2.14. The molecule has 3 aromatic rings. The third-order valence-corrected chi connectivity index (χ3v) is 4.73. The summed E-state index contributed by atoms with van der Waals surface area (Å²) in [6.07, 6.45) is 2.69. The van der Waals surface area contributed by atoms with Crippen molar-refractivity contribution in [2.45, 2.75) is 18.7 Å². The number of pyridine rings is 1. The van der Waals surface area contributed by atoms with Gasteiger partial charge in [-0.2, -0.15) is 10.1 Å². The van der Waals surface area contributed by atoms with Crippen LogP contribution in [0.3, 0.4) is 0 Å². The van der Waals surface area contributed by atoms with E-state index in [2.05, 4.69) is 24.9 Å². The van der Waals surface area contributed by atoms with Gasteiger partial charge < -0.3 is 4.52 Å². The van der Waals surface area contributed by atoms with Crippen LogP contribution in [0.15, 0.2) is 33.9 Å². The summed E-state index contributed by atoms with van der Waals surface area (Å²) in [5, 5.41) is 7.61. The molecule has 0 atom stereocenters. The zero-order valence-electron chi connectivity index (χ0n) is 12.7. The van der Waals surface area contributed by atoms with Gasteiger partial charge in [-0.05, 0) is 26.0 Å². The van der Waals surface area contributed by atoms with Crippen LogP contribution in [-0.2, 0) is 17.1 Å². The Morgan fingerprint density at radius 1 is 1.22 bits per heavy atom. The Balaban J connectivity index is 1.84. The van der Waals surface area contributed by atoms with E-state index in [4.69, 9.17) is 4.52 Å². The van der Waals surface area contributed by atoms with E-state index in [9.17, 15) is 8.42 Å². The van der Waals surface area contributed by atoms with E-state index in [-0.39, 0.29) is 10.8 Å². The van der Waals surface area contributed by atoms with Crippen LogP contribution >= 0.6 is 0 Å². The lowest BCUT2D eigenvalue weighted by Gasteiger charge is -2.07. The van der Waals surface area contributed by atoms with Gasteiger partial charge in [-0.25, -0.2) is 13.4 Å². The Morgan fingerprint density at radius 2 is 2.00 bits per heavy atom. The van der Waals surface area contributed by atoms with Crippen LogP contribution in [-0.4, -0.2) is 33.3 Å². The largest absolute Gasteiger partial charge is 0.332 e. The van der Waals surface area contributed by atoms with E-state index < -0.39 is 10.0 Å². The Hall–Kier alpha value is -2.75. The third-order valence-electron chi connectivity index (χ3n) is 3.24. The van der Waals surface area contributed by atoms with Crippen molar-refractivity contribution in [2.24, 2.45) is 7.05 Å². The first-order chi connectivity index (χ1) is 10.9. The first-order valence-corrected chi connectivity index (χ1v) is 8.13. The summed E-state index contributed by atoms with van der Waals surface area (Å²) in [6.45, 7) is 3.38. The fourth-order valence-corrected chi connectivity index (χ4v) is 3.18. The predicted molar refractivity (Wildman–Crippen MR) is 81.0 cm³/mol. The average molecular weight is 334 g/mol. The van der Waals surface area contributed by atoms with Crippen LogP contribution in [0.1, 0.15) is 11.5 Å². The van der Waals surface area contributed by atoms with Gasteiger partial charge in [-0.3, -0.25) is 9.40 Å². The predicted octanol–water partition coefficient (Wildman–Crippen LogP) is 1.28. The number of aryl methyl sites for hydroxylation is 2. The van der Waals surface area contributed by atoms with Crippen molar-refractivity contribution in [1.82, 2.24) is 24.9 Å². The molecule has 1 N–H and O–H groups in total. The van der Waals surface area contributed by atoms with Gasteiger partial charge in [0, 0.05) is 7.05 Å². The van der Waals surface area contributed by atoms with Gasteiger partial charge in [0.05, 0.1) is 23.8 Å². The average Bonchev–Trinajstić information content (AvgIpc) is 3.07. The molecule has 0 spiro atoms. The zero-order valence-corrected chi connectivity index (χ0v) is 13.5. The van der Waals surface area contributed by atoms with Gasteiger partial charge >= 0.3 is 0 Å². The molecule has 9 nitrogen and oxygen atoms in total. The summed E-state index contributed by atoms with van der Waals surface area (Å²) >= 11 is 0. The first-order valence-electron chi connectivity index (χ1n) is 6.65. The molecule has 3 rings (SSSR count). The lowest BCUT2D eigenvalue weighted by atomic mass is 10.3. The van der Waals surface area contributed by atoms with Crippen molar-refractivity contribution in [1.29, 1.82) is 0 Å². The minimum absolute atomic E-state index is 0.122. The number of anilines is 1. The van der Waals surface area contributed by atoms with Gasteiger partial charge in [0.1, 0.15) is 10.6 Å². The molecule has 0 aliphatic carbocycles. The molecular formula is C13H14N6O3S. The topological polar surface area (TPSA) is 116 Å². The van der Waals surface area contributed by atoms with Crippen LogP contribution in [0.4, 0.5) is 5.69 Å². The molecule has 0 aliphatic heterocycles. The SMILES string of the molecule is Cc1noc(-c2ccc(NS(=O)(=O)c3cnn(C)c3C)cn2)n1. The highest BCUT2D eigenvalue weighted by Crippen LogP contribution is 2.20. The van der Waals surface area contributed by atoms with Crippen molar-refractivity contribution in [3.63, 3.8) is 0 Å². The summed E-state index contributed by atoms with van der Waals surface area (Å²) in [4.78, 5) is 8.30. The molecule has 0 saturated carbocycles. The number of rotatable bonds is 4. The molecule has 3 aromatic heterocycles.